The molecule has 0 amide bonds. The van der Waals surface area contributed by atoms with Crippen LogP contribution in [0, 0.1) is 0 Å². The lowest BCUT2D eigenvalue weighted by Crippen LogP contribution is -2.08. The predicted molar refractivity (Wildman–Crippen MR) is 60.3 cm³/mol. The summed E-state index contributed by atoms with van der Waals surface area (Å²) in [4.78, 5) is 13.1. The van der Waals surface area contributed by atoms with Crippen LogP contribution in [-0.4, -0.2) is 5.97 Å². The third kappa shape index (κ3) is 2.63. The van der Waals surface area contributed by atoms with Gasteiger partial charge in [0.2, 0.25) is 0 Å². The first kappa shape index (κ1) is 10.3. The third-order valence-electron chi connectivity index (χ3n) is 2.14. The third-order valence-corrected chi connectivity index (χ3v) is 3.33. The topological polar surface area (TPSA) is 26.3 Å². The van der Waals surface area contributed by atoms with Crippen molar-refractivity contribution in [3.8, 4) is 0 Å². The fourth-order valence-electron chi connectivity index (χ4n) is 1.35. The van der Waals surface area contributed by atoms with Crippen molar-refractivity contribution in [2.24, 2.45) is 0 Å². The fourth-order valence-corrected chi connectivity index (χ4v) is 2.39. The van der Waals surface area contributed by atoms with E-state index in [1.165, 1.54) is 16.7 Å². The first-order chi connectivity index (χ1) is 7.25. The molecule has 3 heteroatoms. The monoisotopic (exact) mass is 220 g/mol. The Morgan fingerprint density at radius 1 is 1.27 bits per heavy atom. The quantitative estimate of drug-likeness (QED) is 0.731. The summed E-state index contributed by atoms with van der Waals surface area (Å²) in [7, 11) is 0. The van der Waals surface area contributed by atoms with Crippen molar-refractivity contribution in [3.63, 3.8) is 0 Å². The van der Waals surface area contributed by atoms with Crippen molar-refractivity contribution in [2.45, 2.75) is 24.7 Å². The van der Waals surface area contributed by atoms with Crippen molar-refractivity contribution in [1.29, 1.82) is 0 Å². The molecule has 1 aromatic carbocycles. The van der Waals surface area contributed by atoms with Gasteiger partial charge in [0.25, 0.3) is 0 Å². The van der Waals surface area contributed by atoms with Gasteiger partial charge in [0.1, 0.15) is 5.76 Å². The van der Waals surface area contributed by atoms with Gasteiger partial charge in [0.15, 0.2) is 0 Å². The summed E-state index contributed by atoms with van der Waals surface area (Å²) in [5, 5.41) is 0. The van der Waals surface area contributed by atoms with Crippen molar-refractivity contribution in [1.82, 2.24) is 0 Å². The molecule has 0 aliphatic heterocycles. The van der Waals surface area contributed by atoms with Gasteiger partial charge >= 0.3 is 5.97 Å². The van der Waals surface area contributed by atoms with Gasteiger partial charge in [-0.1, -0.05) is 30.0 Å². The minimum atomic E-state index is -0.226. The van der Waals surface area contributed by atoms with Gasteiger partial charge in [-0.3, -0.25) is 4.79 Å². The Kier molecular flexibility index (Phi) is 3.11. The number of allylic oxidation sites excluding steroid dienone is 2. The minimum Gasteiger partial charge on any atom is -0.430 e. The fraction of sp³-hybridized carbons (Fsp3) is 0.250. The van der Waals surface area contributed by atoms with Gasteiger partial charge in [0.05, 0.1) is 0 Å². The maximum Gasteiger partial charge on any atom is 0.307 e. The van der Waals surface area contributed by atoms with Crippen LogP contribution >= 0.6 is 11.8 Å². The molecule has 2 rings (SSSR count). The highest BCUT2D eigenvalue weighted by Crippen LogP contribution is 2.41. The average molecular weight is 220 g/mol. The van der Waals surface area contributed by atoms with Gasteiger partial charge in [-0.25, -0.2) is 0 Å². The molecule has 15 heavy (non-hydrogen) atoms. The van der Waals surface area contributed by atoms with E-state index >= 15 is 0 Å². The van der Waals surface area contributed by atoms with E-state index in [1.54, 1.807) is 11.8 Å². The molecule has 2 nitrogen and oxygen atoms in total. The number of hydrogen-bond donors (Lipinski definition) is 0. The molecule has 0 aromatic heterocycles. The second-order valence-corrected chi connectivity index (χ2v) is 4.52. The highest BCUT2D eigenvalue weighted by Gasteiger charge is 2.21. The Labute approximate surface area is 93.3 Å². The van der Waals surface area contributed by atoms with Crippen LogP contribution < -0.4 is 0 Å². The van der Waals surface area contributed by atoms with Crippen LogP contribution in [-0.2, 0) is 9.53 Å². The summed E-state index contributed by atoms with van der Waals surface area (Å²) in [5.74, 6) is 0.618. The van der Waals surface area contributed by atoms with Gasteiger partial charge in [-0.15, -0.1) is 0 Å². The first-order valence-electron chi connectivity index (χ1n) is 4.89. The van der Waals surface area contributed by atoms with E-state index < -0.39 is 0 Å². The van der Waals surface area contributed by atoms with Crippen LogP contribution in [0.1, 0.15) is 19.8 Å². The molecule has 0 bridgehead atoms. The summed E-state index contributed by atoms with van der Waals surface area (Å²) in [6.45, 7) is 1.44. The summed E-state index contributed by atoms with van der Waals surface area (Å²) in [6.07, 6.45) is 1.90. The summed E-state index contributed by atoms with van der Waals surface area (Å²) in [5.41, 5.74) is 0. The molecule has 0 heterocycles. The lowest BCUT2D eigenvalue weighted by molar-refractivity contribution is -0.137. The summed E-state index contributed by atoms with van der Waals surface area (Å²) in [6, 6.07) is 10.1. The molecule has 0 unspecified atom stereocenters. The van der Waals surface area contributed by atoms with E-state index in [0.717, 1.165) is 18.6 Å². The van der Waals surface area contributed by atoms with Crippen LogP contribution in [0.25, 0.3) is 0 Å². The Morgan fingerprint density at radius 2 is 2.00 bits per heavy atom. The highest BCUT2D eigenvalue weighted by molar-refractivity contribution is 8.03. The SMILES string of the molecule is CC(=O)OC1=C(Sc2ccccc2)CC1. The molecule has 1 aliphatic rings. The molecule has 0 saturated carbocycles. The zero-order valence-electron chi connectivity index (χ0n) is 8.53. The Morgan fingerprint density at radius 3 is 2.53 bits per heavy atom. The maximum atomic E-state index is 10.8. The number of benzene rings is 1. The van der Waals surface area contributed by atoms with Crippen LogP contribution in [0.5, 0.6) is 0 Å². The molecule has 1 aliphatic carbocycles. The number of thioether (sulfide) groups is 1. The average Bonchev–Trinajstić information content (AvgIpc) is 2.23. The standard InChI is InChI=1S/C12H12O2S/c1-9(13)14-11-7-8-12(11)15-10-5-3-2-4-6-10/h2-6H,7-8H2,1H3. The summed E-state index contributed by atoms with van der Waals surface area (Å²) >= 11 is 1.68. The first-order valence-corrected chi connectivity index (χ1v) is 5.70. The number of ether oxygens (including phenoxy) is 1. The number of esters is 1. The maximum absolute atomic E-state index is 10.8. The molecular weight excluding hydrogens is 208 g/mol. The summed E-state index contributed by atoms with van der Waals surface area (Å²) < 4.78 is 5.09. The molecule has 0 atom stereocenters. The van der Waals surface area contributed by atoms with E-state index in [1.807, 2.05) is 18.2 Å². The van der Waals surface area contributed by atoms with Gasteiger partial charge in [0, 0.05) is 23.1 Å². The zero-order chi connectivity index (χ0) is 10.7. The number of carbonyl (C=O) groups is 1. The second kappa shape index (κ2) is 4.53. The van der Waals surface area contributed by atoms with Gasteiger partial charge < -0.3 is 4.74 Å². The van der Waals surface area contributed by atoms with Crippen LogP contribution in [0.2, 0.25) is 0 Å². The van der Waals surface area contributed by atoms with Crippen molar-refractivity contribution < 1.29 is 9.53 Å². The van der Waals surface area contributed by atoms with E-state index in [-0.39, 0.29) is 5.97 Å². The van der Waals surface area contributed by atoms with E-state index in [2.05, 4.69) is 12.1 Å². The number of carbonyl (C=O) groups excluding carboxylic acids is 1. The Bertz CT molecular complexity index is 395. The molecule has 1 aromatic rings. The Balaban J connectivity index is 2.04. The van der Waals surface area contributed by atoms with Gasteiger partial charge in [-0.05, 0) is 18.6 Å². The van der Waals surface area contributed by atoms with E-state index in [0.29, 0.717) is 0 Å². The minimum absolute atomic E-state index is 0.226. The molecule has 0 N–H and O–H groups in total. The van der Waals surface area contributed by atoms with Crippen LogP contribution in [0.3, 0.4) is 0 Å². The zero-order valence-corrected chi connectivity index (χ0v) is 9.34. The van der Waals surface area contributed by atoms with Gasteiger partial charge in [-0.2, -0.15) is 0 Å². The largest absolute Gasteiger partial charge is 0.430 e. The molecule has 0 saturated heterocycles. The lowest BCUT2D eigenvalue weighted by Gasteiger charge is -2.21. The molecule has 0 spiro atoms. The van der Waals surface area contributed by atoms with Crippen molar-refractivity contribution >= 4 is 17.7 Å². The molecule has 78 valence electrons. The Hall–Kier alpha value is -1.22. The van der Waals surface area contributed by atoms with E-state index in [9.17, 15) is 4.79 Å². The number of hydrogen-bond acceptors (Lipinski definition) is 3. The smallest absolute Gasteiger partial charge is 0.307 e. The second-order valence-electron chi connectivity index (χ2n) is 3.36. The molecule has 0 radical (unpaired) electrons. The van der Waals surface area contributed by atoms with Crippen molar-refractivity contribution in [3.05, 3.63) is 41.0 Å². The van der Waals surface area contributed by atoms with Crippen LogP contribution in [0.4, 0.5) is 0 Å². The number of rotatable bonds is 3. The predicted octanol–water partition coefficient (Wildman–Crippen LogP) is 3.35. The van der Waals surface area contributed by atoms with Crippen LogP contribution in [0.15, 0.2) is 45.9 Å². The lowest BCUT2D eigenvalue weighted by atomic mass is 10.1. The molecular formula is C12H12O2S. The molecule has 0 fully saturated rings. The van der Waals surface area contributed by atoms with Crippen molar-refractivity contribution in [2.75, 3.05) is 0 Å². The highest BCUT2D eigenvalue weighted by atomic mass is 32.2. The normalized spacial score (nSPS) is 14.7. The van der Waals surface area contributed by atoms with E-state index in [4.69, 9.17) is 4.74 Å².